The van der Waals surface area contributed by atoms with Crippen molar-refractivity contribution < 1.29 is 9.90 Å². The van der Waals surface area contributed by atoms with Gasteiger partial charge in [-0.1, -0.05) is 0 Å². The molecule has 8 nitrogen and oxygen atoms in total. The number of carboxylic acids is 1. The summed E-state index contributed by atoms with van der Waals surface area (Å²) < 4.78 is 1.46. The molecule has 20 heavy (non-hydrogen) atoms. The summed E-state index contributed by atoms with van der Waals surface area (Å²) in [5.74, 6) is -0.380. The fourth-order valence-electron chi connectivity index (χ4n) is 1.87. The molecule has 0 fully saturated rings. The first-order valence-electron chi connectivity index (χ1n) is 5.93. The summed E-state index contributed by atoms with van der Waals surface area (Å²) >= 11 is 0. The molecule has 0 radical (unpaired) electrons. The zero-order chi connectivity index (χ0) is 13.9. The number of aryl methyl sites for hydroxylation is 1. The van der Waals surface area contributed by atoms with Crippen molar-refractivity contribution in [3.63, 3.8) is 0 Å². The van der Waals surface area contributed by atoms with E-state index in [0.717, 1.165) is 16.6 Å². The monoisotopic (exact) mass is 270 g/mol. The number of benzene rings is 1. The molecule has 0 aliphatic rings. The highest BCUT2D eigenvalue weighted by Gasteiger charge is 2.11. The third-order valence-corrected chi connectivity index (χ3v) is 2.80. The highest BCUT2D eigenvalue weighted by atomic mass is 16.4. The van der Waals surface area contributed by atoms with Crippen LogP contribution in [-0.2, 0) is 11.3 Å². The van der Waals surface area contributed by atoms with E-state index in [2.05, 4.69) is 25.5 Å². The summed E-state index contributed by atoms with van der Waals surface area (Å²) in [6, 6.07) is 5.49. The Morgan fingerprint density at radius 2 is 2.00 bits per heavy atom. The molecule has 3 rings (SSSR count). The van der Waals surface area contributed by atoms with Crippen molar-refractivity contribution in [3.8, 4) is 11.4 Å². The van der Waals surface area contributed by atoms with Gasteiger partial charge in [-0.25, -0.2) is 4.68 Å². The van der Waals surface area contributed by atoms with Gasteiger partial charge in [-0.3, -0.25) is 14.8 Å². The summed E-state index contributed by atoms with van der Waals surface area (Å²) in [7, 11) is 0. The normalized spacial score (nSPS) is 10.8. The van der Waals surface area contributed by atoms with Gasteiger partial charge in [0.15, 0.2) is 5.82 Å². The highest BCUT2D eigenvalue weighted by molar-refractivity contribution is 5.79. The van der Waals surface area contributed by atoms with E-state index >= 15 is 0 Å². The number of hydrogen-bond donors (Lipinski definition) is 1. The average molecular weight is 270 g/mol. The van der Waals surface area contributed by atoms with E-state index in [4.69, 9.17) is 5.11 Å². The maximum absolute atomic E-state index is 10.6. The summed E-state index contributed by atoms with van der Waals surface area (Å²) in [6.45, 7) is 0.218. The van der Waals surface area contributed by atoms with Crippen LogP contribution in [-0.4, -0.2) is 41.3 Å². The lowest BCUT2D eigenvalue weighted by molar-refractivity contribution is -0.137. The lowest BCUT2D eigenvalue weighted by Gasteiger charge is -2.03. The number of aromatic nitrogens is 6. The molecule has 8 heteroatoms. The summed E-state index contributed by atoms with van der Waals surface area (Å²) in [5, 5.41) is 20.0. The second-order valence-corrected chi connectivity index (χ2v) is 4.13. The molecule has 1 N–H and O–H groups in total. The van der Waals surface area contributed by atoms with Crippen molar-refractivity contribution >= 4 is 17.0 Å². The van der Waals surface area contributed by atoms with Crippen LogP contribution < -0.4 is 0 Å². The third-order valence-electron chi connectivity index (χ3n) is 2.80. The van der Waals surface area contributed by atoms with Crippen LogP contribution in [0.5, 0.6) is 0 Å². The standard InChI is InChI=1S/C12H10N6O2/c19-11(20)3-6-18-12(15-16-17-18)8-1-2-9-10(7-8)14-5-4-13-9/h1-2,4-5,7H,3,6H2,(H,19,20). The number of nitrogens with zero attached hydrogens (tertiary/aromatic N) is 6. The van der Waals surface area contributed by atoms with Crippen LogP contribution in [0.3, 0.4) is 0 Å². The number of rotatable bonds is 4. The minimum atomic E-state index is -0.893. The van der Waals surface area contributed by atoms with E-state index in [9.17, 15) is 4.79 Å². The van der Waals surface area contributed by atoms with E-state index < -0.39 is 5.97 Å². The van der Waals surface area contributed by atoms with E-state index in [1.54, 1.807) is 12.4 Å². The Morgan fingerprint density at radius 3 is 2.80 bits per heavy atom. The number of tetrazole rings is 1. The van der Waals surface area contributed by atoms with Gasteiger partial charge in [0.05, 0.1) is 24.0 Å². The number of hydrogen-bond acceptors (Lipinski definition) is 6. The van der Waals surface area contributed by atoms with Gasteiger partial charge < -0.3 is 5.11 Å². The van der Waals surface area contributed by atoms with Crippen molar-refractivity contribution in [1.82, 2.24) is 30.2 Å². The zero-order valence-electron chi connectivity index (χ0n) is 10.3. The minimum absolute atomic E-state index is 0.0363. The number of aliphatic carboxylic acids is 1. The van der Waals surface area contributed by atoms with Gasteiger partial charge in [0.25, 0.3) is 0 Å². The van der Waals surface area contributed by atoms with E-state index in [1.807, 2.05) is 18.2 Å². The van der Waals surface area contributed by atoms with Crippen LogP contribution in [0, 0.1) is 0 Å². The lowest BCUT2D eigenvalue weighted by atomic mass is 10.2. The predicted molar refractivity (Wildman–Crippen MR) is 68.6 cm³/mol. The van der Waals surface area contributed by atoms with E-state index in [-0.39, 0.29) is 13.0 Å². The third kappa shape index (κ3) is 2.30. The molecule has 0 atom stereocenters. The van der Waals surface area contributed by atoms with Gasteiger partial charge >= 0.3 is 5.97 Å². The van der Waals surface area contributed by atoms with Crippen LogP contribution in [0.25, 0.3) is 22.4 Å². The Kier molecular flexibility index (Phi) is 3.04. The molecule has 0 unspecified atom stereocenters. The Hall–Kier alpha value is -2.90. The molecule has 0 bridgehead atoms. The lowest BCUT2D eigenvalue weighted by Crippen LogP contribution is -2.07. The largest absolute Gasteiger partial charge is 0.481 e. The first-order valence-corrected chi connectivity index (χ1v) is 5.93. The number of fused-ring (bicyclic) bond motifs is 1. The molecule has 1 aromatic carbocycles. The Balaban J connectivity index is 1.98. The summed E-state index contributed by atoms with van der Waals surface area (Å²) in [6.07, 6.45) is 3.20. The SMILES string of the molecule is O=C(O)CCn1nnnc1-c1ccc2nccnc2c1. The van der Waals surface area contributed by atoms with Crippen molar-refractivity contribution in [2.24, 2.45) is 0 Å². The van der Waals surface area contributed by atoms with Crippen molar-refractivity contribution in [2.45, 2.75) is 13.0 Å². The first-order chi connectivity index (χ1) is 9.74. The second-order valence-electron chi connectivity index (χ2n) is 4.13. The number of carbonyl (C=O) groups is 1. The molecule has 2 heterocycles. The second kappa shape index (κ2) is 5.00. The Bertz CT molecular complexity index is 769. The quantitative estimate of drug-likeness (QED) is 0.745. The fraction of sp³-hybridized carbons (Fsp3) is 0.167. The molecule has 0 saturated carbocycles. The van der Waals surface area contributed by atoms with Crippen LogP contribution in [0.2, 0.25) is 0 Å². The number of carboxylic acid groups (broad SMARTS) is 1. The molecular weight excluding hydrogens is 260 g/mol. The van der Waals surface area contributed by atoms with Gasteiger partial charge in [-0.2, -0.15) is 0 Å². The van der Waals surface area contributed by atoms with E-state index in [1.165, 1.54) is 4.68 Å². The maximum Gasteiger partial charge on any atom is 0.305 e. The topological polar surface area (TPSA) is 107 Å². The van der Waals surface area contributed by atoms with Crippen LogP contribution in [0.1, 0.15) is 6.42 Å². The van der Waals surface area contributed by atoms with Crippen molar-refractivity contribution in [2.75, 3.05) is 0 Å². The molecule has 2 aromatic heterocycles. The molecule has 0 spiro atoms. The van der Waals surface area contributed by atoms with Gasteiger partial charge in [0.2, 0.25) is 0 Å². The van der Waals surface area contributed by atoms with Crippen LogP contribution in [0.15, 0.2) is 30.6 Å². The fourth-order valence-corrected chi connectivity index (χ4v) is 1.87. The Labute approximate surface area is 113 Å². The average Bonchev–Trinajstić information content (AvgIpc) is 2.93. The van der Waals surface area contributed by atoms with E-state index in [0.29, 0.717) is 5.82 Å². The highest BCUT2D eigenvalue weighted by Crippen LogP contribution is 2.20. The molecule has 100 valence electrons. The zero-order valence-corrected chi connectivity index (χ0v) is 10.3. The molecular formula is C12H10N6O2. The molecule has 3 aromatic rings. The minimum Gasteiger partial charge on any atom is -0.481 e. The maximum atomic E-state index is 10.6. The van der Waals surface area contributed by atoms with Gasteiger partial charge in [-0.15, -0.1) is 5.10 Å². The Morgan fingerprint density at radius 1 is 1.20 bits per heavy atom. The molecule has 0 amide bonds. The van der Waals surface area contributed by atoms with Crippen LogP contribution in [0.4, 0.5) is 0 Å². The molecule has 0 aliphatic heterocycles. The summed E-state index contributed by atoms with van der Waals surface area (Å²) in [4.78, 5) is 19.0. The predicted octanol–water partition coefficient (Wildman–Crippen LogP) is 0.758. The van der Waals surface area contributed by atoms with Crippen molar-refractivity contribution in [3.05, 3.63) is 30.6 Å². The van der Waals surface area contributed by atoms with Gasteiger partial charge in [0, 0.05) is 18.0 Å². The van der Waals surface area contributed by atoms with Crippen LogP contribution >= 0.6 is 0 Å². The summed E-state index contributed by atoms with van der Waals surface area (Å²) in [5.41, 5.74) is 2.28. The first kappa shape index (κ1) is 12.2. The van der Waals surface area contributed by atoms with Gasteiger partial charge in [0.1, 0.15) is 0 Å². The smallest absolute Gasteiger partial charge is 0.305 e. The molecule has 0 saturated heterocycles. The van der Waals surface area contributed by atoms with Gasteiger partial charge in [-0.05, 0) is 28.6 Å². The van der Waals surface area contributed by atoms with Crippen molar-refractivity contribution in [1.29, 1.82) is 0 Å². The molecule has 0 aliphatic carbocycles.